The van der Waals surface area contributed by atoms with Gasteiger partial charge in [-0.1, -0.05) is 6.07 Å². The van der Waals surface area contributed by atoms with Crippen molar-refractivity contribution in [2.75, 3.05) is 13.2 Å². The fraction of sp³-hybridized carbons (Fsp3) is 0.588. The van der Waals surface area contributed by atoms with Gasteiger partial charge in [0, 0.05) is 19.3 Å². The summed E-state index contributed by atoms with van der Waals surface area (Å²) in [5.41, 5.74) is 0.208. The second-order valence-electron chi connectivity index (χ2n) is 6.26. The fourth-order valence-electron chi connectivity index (χ4n) is 2.85. The molecule has 1 saturated heterocycles. The van der Waals surface area contributed by atoms with Gasteiger partial charge in [-0.3, -0.25) is 0 Å². The third-order valence-electron chi connectivity index (χ3n) is 4.45. The number of ether oxygens (including phenoxy) is 1. The van der Waals surface area contributed by atoms with Crippen LogP contribution in [0.25, 0.3) is 0 Å². The first kappa shape index (κ1) is 18.6. The Morgan fingerprint density at radius 2 is 1.88 bits per heavy atom. The van der Waals surface area contributed by atoms with E-state index in [0.29, 0.717) is 19.1 Å². The molecule has 1 heterocycles. The number of hydrogen-bond donors (Lipinski definition) is 3. The van der Waals surface area contributed by atoms with E-state index in [1.165, 1.54) is 6.07 Å². The number of urea groups is 1. The van der Waals surface area contributed by atoms with Crippen molar-refractivity contribution in [1.29, 1.82) is 0 Å². The van der Waals surface area contributed by atoms with Crippen LogP contribution in [-0.4, -0.2) is 36.4 Å². The molecular formula is C17H24F2N2O3. The molecule has 0 spiro atoms. The number of aliphatic hydroxyl groups excluding tert-OH is 1. The summed E-state index contributed by atoms with van der Waals surface area (Å²) in [6.45, 7) is 4.93. The first-order chi connectivity index (χ1) is 11.4. The van der Waals surface area contributed by atoms with E-state index in [9.17, 15) is 18.7 Å². The lowest BCUT2D eigenvalue weighted by atomic mass is 9.93. The van der Waals surface area contributed by atoms with Crippen molar-refractivity contribution in [3.05, 3.63) is 35.4 Å². The molecule has 2 amide bonds. The van der Waals surface area contributed by atoms with E-state index in [4.69, 9.17) is 4.74 Å². The summed E-state index contributed by atoms with van der Waals surface area (Å²) in [5.74, 6) is -1.65. The van der Waals surface area contributed by atoms with Crippen molar-refractivity contribution < 1.29 is 23.4 Å². The molecule has 24 heavy (non-hydrogen) atoms. The average molecular weight is 342 g/mol. The summed E-state index contributed by atoms with van der Waals surface area (Å²) < 4.78 is 31.5. The molecule has 0 saturated carbocycles. The van der Waals surface area contributed by atoms with Crippen molar-refractivity contribution in [3.63, 3.8) is 0 Å². The zero-order chi connectivity index (χ0) is 17.7. The number of carbonyl (C=O) groups is 1. The van der Waals surface area contributed by atoms with E-state index >= 15 is 0 Å². The monoisotopic (exact) mass is 342 g/mol. The van der Waals surface area contributed by atoms with Crippen LogP contribution in [0.15, 0.2) is 18.2 Å². The molecule has 7 heteroatoms. The van der Waals surface area contributed by atoms with Crippen LogP contribution in [-0.2, 0) is 4.74 Å². The number of aliphatic hydroxyl groups is 1. The molecule has 1 aromatic carbocycles. The SMILES string of the molecule is CC(NC(=O)NC(C)C(O)c1ccc(F)c(F)c1)C1CCOCC1. The Balaban J connectivity index is 1.86. The van der Waals surface area contributed by atoms with Crippen molar-refractivity contribution in [1.82, 2.24) is 10.6 Å². The minimum Gasteiger partial charge on any atom is -0.386 e. The molecule has 0 aromatic heterocycles. The highest BCUT2D eigenvalue weighted by Gasteiger charge is 2.24. The van der Waals surface area contributed by atoms with E-state index in [2.05, 4.69) is 10.6 Å². The molecule has 1 aromatic rings. The van der Waals surface area contributed by atoms with Crippen LogP contribution in [0.1, 0.15) is 38.4 Å². The molecule has 0 radical (unpaired) electrons. The molecule has 0 aliphatic carbocycles. The van der Waals surface area contributed by atoms with Crippen LogP contribution in [0.4, 0.5) is 13.6 Å². The maximum Gasteiger partial charge on any atom is 0.315 e. The summed E-state index contributed by atoms with van der Waals surface area (Å²) >= 11 is 0. The van der Waals surface area contributed by atoms with Gasteiger partial charge in [0.2, 0.25) is 0 Å². The minimum atomic E-state index is -1.13. The van der Waals surface area contributed by atoms with Crippen LogP contribution < -0.4 is 10.6 Å². The van der Waals surface area contributed by atoms with Gasteiger partial charge >= 0.3 is 6.03 Å². The van der Waals surface area contributed by atoms with Gasteiger partial charge in [0.15, 0.2) is 11.6 Å². The smallest absolute Gasteiger partial charge is 0.315 e. The highest BCUT2D eigenvalue weighted by molar-refractivity contribution is 5.74. The summed E-state index contributed by atoms with van der Waals surface area (Å²) in [6.07, 6.45) is 0.660. The Morgan fingerprint density at radius 3 is 2.50 bits per heavy atom. The topological polar surface area (TPSA) is 70.6 Å². The zero-order valence-corrected chi connectivity index (χ0v) is 13.9. The molecule has 0 bridgehead atoms. The van der Waals surface area contributed by atoms with Crippen LogP contribution in [0.3, 0.4) is 0 Å². The molecule has 1 aliphatic heterocycles. The van der Waals surface area contributed by atoms with Gasteiger partial charge in [-0.2, -0.15) is 0 Å². The molecule has 1 fully saturated rings. The van der Waals surface area contributed by atoms with Gasteiger partial charge < -0.3 is 20.5 Å². The van der Waals surface area contributed by atoms with Gasteiger partial charge in [-0.15, -0.1) is 0 Å². The second kappa shape index (κ2) is 8.39. The average Bonchev–Trinajstić information content (AvgIpc) is 2.57. The number of amides is 2. The second-order valence-corrected chi connectivity index (χ2v) is 6.26. The van der Waals surface area contributed by atoms with Gasteiger partial charge in [0.1, 0.15) is 0 Å². The summed E-state index contributed by atoms with van der Waals surface area (Å²) in [4.78, 5) is 12.1. The summed E-state index contributed by atoms with van der Waals surface area (Å²) in [6, 6.07) is 2.11. The third-order valence-corrected chi connectivity index (χ3v) is 4.45. The van der Waals surface area contributed by atoms with Gasteiger partial charge in [0.05, 0.1) is 12.1 Å². The molecule has 3 atom stereocenters. The van der Waals surface area contributed by atoms with E-state index in [0.717, 1.165) is 25.0 Å². The molecule has 2 rings (SSSR count). The Bertz CT molecular complexity index is 565. The number of carbonyl (C=O) groups excluding carboxylic acids is 1. The quantitative estimate of drug-likeness (QED) is 0.770. The Morgan fingerprint density at radius 1 is 1.21 bits per heavy atom. The van der Waals surface area contributed by atoms with Gasteiger partial charge in [0.25, 0.3) is 0 Å². The summed E-state index contributed by atoms with van der Waals surface area (Å²) in [7, 11) is 0. The van der Waals surface area contributed by atoms with Crippen LogP contribution in [0.2, 0.25) is 0 Å². The lowest BCUT2D eigenvalue weighted by Crippen LogP contribution is -2.49. The number of benzene rings is 1. The third kappa shape index (κ3) is 4.88. The van der Waals surface area contributed by atoms with E-state index in [1.807, 2.05) is 6.92 Å². The van der Waals surface area contributed by atoms with Crippen molar-refractivity contribution in [3.8, 4) is 0 Å². The first-order valence-corrected chi connectivity index (χ1v) is 8.16. The minimum absolute atomic E-state index is 0.0125. The van der Waals surface area contributed by atoms with Crippen LogP contribution >= 0.6 is 0 Å². The van der Waals surface area contributed by atoms with E-state index < -0.39 is 29.8 Å². The zero-order valence-electron chi connectivity index (χ0n) is 13.9. The molecule has 1 aliphatic rings. The van der Waals surface area contributed by atoms with E-state index in [1.54, 1.807) is 6.92 Å². The molecule has 3 unspecified atom stereocenters. The molecule has 5 nitrogen and oxygen atoms in total. The maximum atomic E-state index is 13.2. The standard InChI is InChI=1S/C17H24F2N2O3/c1-10(12-5-7-24-8-6-12)20-17(23)21-11(2)16(22)13-3-4-14(18)15(19)9-13/h3-4,9-12,16,22H,5-8H2,1-2H3,(H2,20,21,23). The van der Waals surface area contributed by atoms with Gasteiger partial charge in [-0.05, 0) is 50.3 Å². The van der Waals surface area contributed by atoms with Crippen LogP contribution in [0, 0.1) is 17.6 Å². The molecule has 134 valence electrons. The Hall–Kier alpha value is -1.73. The molecule has 3 N–H and O–H groups in total. The predicted molar refractivity (Wildman–Crippen MR) is 85.5 cm³/mol. The van der Waals surface area contributed by atoms with Crippen molar-refractivity contribution >= 4 is 6.03 Å². The lowest BCUT2D eigenvalue weighted by molar-refractivity contribution is 0.0568. The first-order valence-electron chi connectivity index (χ1n) is 8.16. The largest absolute Gasteiger partial charge is 0.386 e. The lowest BCUT2D eigenvalue weighted by Gasteiger charge is -2.29. The fourth-order valence-corrected chi connectivity index (χ4v) is 2.85. The Kier molecular flexibility index (Phi) is 6.51. The highest BCUT2D eigenvalue weighted by Crippen LogP contribution is 2.20. The van der Waals surface area contributed by atoms with Gasteiger partial charge in [-0.25, -0.2) is 13.6 Å². The van der Waals surface area contributed by atoms with Crippen LogP contribution in [0.5, 0.6) is 0 Å². The Labute approximate surface area is 140 Å². The molecular weight excluding hydrogens is 318 g/mol. The van der Waals surface area contributed by atoms with Crippen molar-refractivity contribution in [2.24, 2.45) is 5.92 Å². The number of halogens is 2. The van der Waals surface area contributed by atoms with Crippen molar-refractivity contribution in [2.45, 2.75) is 44.9 Å². The number of nitrogens with one attached hydrogen (secondary N) is 2. The number of hydrogen-bond acceptors (Lipinski definition) is 3. The number of rotatable bonds is 5. The normalized spacial score (nSPS) is 19.4. The highest BCUT2D eigenvalue weighted by atomic mass is 19.2. The predicted octanol–water partition coefficient (Wildman–Crippen LogP) is 2.50. The summed E-state index contributed by atoms with van der Waals surface area (Å²) in [5, 5.41) is 15.7. The maximum absolute atomic E-state index is 13.2. The van der Waals surface area contributed by atoms with E-state index in [-0.39, 0.29) is 11.6 Å².